The fourth-order valence-electron chi connectivity index (χ4n) is 1.40. The lowest BCUT2D eigenvalue weighted by Gasteiger charge is -1.95. The molecule has 0 saturated heterocycles. The van der Waals surface area contributed by atoms with Crippen molar-refractivity contribution in [2.75, 3.05) is 0 Å². The Hall–Kier alpha value is -1.75. The van der Waals surface area contributed by atoms with Crippen LogP contribution in [0, 0.1) is 6.92 Å². The molecular formula is C11H10N2O2S. The summed E-state index contributed by atoms with van der Waals surface area (Å²) in [6.07, 6.45) is 4.09. The van der Waals surface area contributed by atoms with Crippen molar-refractivity contribution in [3.63, 3.8) is 0 Å². The van der Waals surface area contributed by atoms with E-state index < -0.39 is 5.97 Å². The van der Waals surface area contributed by atoms with Gasteiger partial charge in [-0.25, -0.2) is 9.78 Å². The summed E-state index contributed by atoms with van der Waals surface area (Å²) < 4.78 is 0. The summed E-state index contributed by atoms with van der Waals surface area (Å²) in [5.74, 6) is -0.907. The van der Waals surface area contributed by atoms with Crippen LogP contribution < -0.4 is 0 Å². The first-order valence-corrected chi connectivity index (χ1v) is 5.57. The minimum Gasteiger partial charge on any atom is -0.477 e. The zero-order valence-corrected chi connectivity index (χ0v) is 9.49. The van der Waals surface area contributed by atoms with Crippen LogP contribution in [-0.4, -0.2) is 21.0 Å². The maximum atomic E-state index is 10.8. The molecule has 1 N–H and O–H groups in total. The van der Waals surface area contributed by atoms with Crippen LogP contribution in [0.1, 0.15) is 25.9 Å². The van der Waals surface area contributed by atoms with Gasteiger partial charge in [-0.2, -0.15) is 0 Å². The molecule has 0 aliphatic rings. The van der Waals surface area contributed by atoms with Gasteiger partial charge in [0.25, 0.3) is 0 Å². The monoisotopic (exact) mass is 234 g/mol. The molecule has 0 radical (unpaired) electrons. The van der Waals surface area contributed by atoms with Crippen molar-refractivity contribution < 1.29 is 9.90 Å². The van der Waals surface area contributed by atoms with Crippen LogP contribution in [0.4, 0.5) is 0 Å². The van der Waals surface area contributed by atoms with Gasteiger partial charge >= 0.3 is 5.97 Å². The molecule has 2 heterocycles. The number of aromatic nitrogens is 2. The van der Waals surface area contributed by atoms with E-state index in [-0.39, 0.29) is 0 Å². The molecule has 0 saturated carbocycles. The number of pyridine rings is 1. The molecule has 2 aromatic rings. The molecule has 0 spiro atoms. The summed E-state index contributed by atoms with van der Waals surface area (Å²) in [6.45, 7) is 1.72. The number of aromatic carboxylic acids is 1. The number of carbonyl (C=O) groups is 1. The van der Waals surface area contributed by atoms with E-state index in [1.54, 1.807) is 19.3 Å². The lowest BCUT2D eigenvalue weighted by atomic mass is 10.2. The summed E-state index contributed by atoms with van der Waals surface area (Å²) in [5.41, 5.74) is 1.67. The van der Waals surface area contributed by atoms with Crippen molar-refractivity contribution in [1.82, 2.24) is 9.97 Å². The summed E-state index contributed by atoms with van der Waals surface area (Å²) in [7, 11) is 0. The molecule has 4 nitrogen and oxygen atoms in total. The van der Waals surface area contributed by atoms with E-state index in [0.717, 1.165) is 10.6 Å². The Balaban J connectivity index is 2.23. The van der Waals surface area contributed by atoms with Crippen LogP contribution in [0.5, 0.6) is 0 Å². The van der Waals surface area contributed by atoms with E-state index in [1.807, 2.05) is 12.1 Å². The average molecular weight is 234 g/mol. The highest BCUT2D eigenvalue weighted by molar-refractivity contribution is 7.13. The molecule has 0 amide bonds. The van der Waals surface area contributed by atoms with Crippen molar-refractivity contribution in [1.29, 1.82) is 0 Å². The number of aryl methyl sites for hydroxylation is 1. The minimum absolute atomic E-state index is 0.323. The van der Waals surface area contributed by atoms with Gasteiger partial charge in [0.2, 0.25) is 0 Å². The summed E-state index contributed by atoms with van der Waals surface area (Å²) in [5, 5.41) is 9.73. The van der Waals surface area contributed by atoms with Gasteiger partial charge in [0.15, 0.2) is 0 Å². The maximum absolute atomic E-state index is 10.8. The molecule has 0 unspecified atom stereocenters. The SMILES string of the molecule is Cc1nc(Cc2ccncc2)sc1C(=O)O. The third kappa shape index (κ3) is 2.25. The Kier molecular flexibility index (Phi) is 2.96. The zero-order valence-electron chi connectivity index (χ0n) is 8.67. The second-order valence-electron chi connectivity index (χ2n) is 3.36. The largest absolute Gasteiger partial charge is 0.477 e. The van der Waals surface area contributed by atoms with E-state index in [1.165, 1.54) is 11.3 Å². The predicted molar refractivity (Wildman–Crippen MR) is 60.9 cm³/mol. The number of carboxylic acid groups (broad SMARTS) is 1. The summed E-state index contributed by atoms with van der Waals surface area (Å²) in [6, 6.07) is 3.80. The third-order valence-electron chi connectivity index (χ3n) is 2.14. The fourth-order valence-corrected chi connectivity index (χ4v) is 2.34. The molecule has 0 bridgehead atoms. The van der Waals surface area contributed by atoms with Crippen LogP contribution in [0.15, 0.2) is 24.5 Å². The highest BCUT2D eigenvalue weighted by Crippen LogP contribution is 2.20. The normalized spacial score (nSPS) is 10.3. The average Bonchev–Trinajstić information content (AvgIpc) is 2.61. The van der Waals surface area contributed by atoms with Gasteiger partial charge in [-0.05, 0) is 24.6 Å². The van der Waals surface area contributed by atoms with E-state index in [9.17, 15) is 4.79 Å². The van der Waals surface area contributed by atoms with Gasteiger partial charge < -0.3 is 5.11 Å². The van der Waals surface area contributed by atoms with E-state index in [0.29, 0.717) is 17.0 Å². The van der Waals surface area contributed by atoms with Crippen LogP contribution >= 0.6 is 11.3 Å². The Labute approximate surface area is 96.6 Å². The highest BCUT2D eigenvalue weighted by Gasteiger charge is 2.13. The predicted octanol–water partition coefficient (Wildman–Crippen LogP) is 2.14. The second-order valence-corrected chi connectivity index (χ2v) is 4.44. The van der Waals surface area contributed by atoms with Gasteiger partial charge in [-0.3, -0.25) is 4.98 Å². The number of carboxylic acids is 1. The molecule has 0 aliphatic carbocycles. The summed E-state index contributed by atoms with van der Waals surface area (Å²) in [4.78, 5) is 19.3. The number of thiazole rings is 1. The fraction of sp³-hybridized carbons (Fsp3) is 0.182. The van der Waals surface area contributed by atoms with Crippen LogP contribution in [-0.2, 0) is 6.42 Å². The van der Waals surface area contributed by atoms with Gasteiger partial charge in [-0.1, -0.05) is 0 Å². The van der Waals surface area contributed by atoms with E-state index in [2.05, 4.69) is 9.97 Å². The molecule has 2 rings (SSSR count). The first-order valence-electron chi connectivity index (χ1n) is 4.75. The molecule has 16 heavy (non-hydrogen) atoms. The number of hydrogen-bond donors (Lipinski definition) is 1. The Bertz CT molecular complexity index is 508. The van der Waals surface area contributed by atoms with Crippen molar-refractivity contribution >= 4 is 17.3 Å². The first kappa shape index (κ1) is 10.8. The molecule has 2 aromatic heterocycles. The minimum atomic E-state index is -0.907. The molecular weight excluding hydrogens is 224 g/mol. The van der Waals surface area contributed by atoms with Crippen LogP contribution in [0.2, 0.25) is 0 Å². The van der Waals surface area contributed by atoms with Crippen molar-refractivity contribution in [3.05, 3.63) is 45.7 Å². The van der Waals surface area contributed by atoms with Gasteiger partial charge in [0.05, 0.1) is 10.7 Å². The van der Waals surface area contributed by atoms with E-state index >= 15 is 0 Å². The zero-order chi connectivity index (χ0) is 11.5. The molecule has 82 valence electrons. The Morgan fingerprint density at radius 2 is 2.12 bits per heavy atom. The first-order chi connectivity index (χ1) is 7.66. The Morgan fingerprint density at radius 3 is 2.69 bits per heavy atom. The maximum Gasteiger partial charge on any atom is 0.347 e. The van der Waals surface area contributed by atoms with E-state index in [4.69, 9.17) is 5.11 Å². The topological polar surface area (TPSA) is 63.1 Å². The van der Waals surface area contributed by atoms with Gasteiger partial charge in [-0.15, -0.1) is 11.3 Å². The Morgan fingerprint density at radius 1 is 1.44 bits per heavy atom. The second kappa shape index (κ2) is 4.40. The van der Waals surface area contributed by atoms with Gasteiger partial charge in [0.1, 0.15) is 4.88 Å². The number of nitrogens with zero attached hydrogens (tertiary/aromatic N) is 2. The highest BCUT2D eigenvalue weighted by atomic mass is 32.1. The molecule has 0 fully saturated rings. The molecule has 5 heteroatoms. The smallest absolute Gasteiger partial charge is 0.347 e. The quantitative estimate of drug-likeness (QED) is 0.883. The summed E-state index contributed by atoms with van der Waals surface area (Å²) >= 11 is 1.23. The van der Waals surface area contributed by atoms with Gasteiger partial charge in [0, 0.05) is 18.8 Å². The van der Waals surface area contributed by atoms with Crippen molar-refractivity contribution in [2.45, 2.75) is 13.3 Å². The standard InChI is InChI=1S/C11H10N2O2S/c1-7-10(11(14)15)16-9(13-7)6-8-2-4-12-5-3-8/h2-5H,6H2,1H3,(H,14,15). The van der Waals surface area contributed by atoms with Crippen molar-refractivity contribution in [2.24, 2.45) is 0 Å². The number of hydrogen-bond acceptors (Lipinski definition) is 4. The van der Waals surface area contributed by atoms with Crippen LogP contribution in [0.25, 0.3) is 0 Å². The lowest BCUT2D eigenvalue weighted by Crippen LogP contribution is -1.94. The molecule has 0 aromatic carbocycles. The molecule has 0 atom stereocenters. The van der Waals surface area contributed by atoms with Crippen molar-refractivity contribution in [3.8, 4) is 0 Å². The molecule has 0 aliphatic heterocycles. The third-order valence-corrected chi connectivity index (χ3v) is 3.29. The number of rotatable bonds is 3. The van der Waals surface area contributed by atoms with Crippen LogP contribution in [0.3, 0.4) is 0 Å². The lowest BCUT2D eigenvalue weighted by molar-refractivity contribution is 0.0701.